The lowest BCUT2D eigenvalue weighted by atomic mass is 10.1. The van der Waals surface area contributed by atoms with E-state index in [1.165, 1.54) is 50.1 Å². The van der Waals surface area contributed by atoms with E-state index in [2.05, 4.69) is 31.0 Å². The normalized spacial score (nSPS) is 30.6. The zero-order valence-electron chi connectivity index (χ0n) is 31.3. The minimum absolute atomic E-state index is 0.0188. The summed E-state index contributed by atoms with van der Waals surface area (Å²) in [7, 11) is -8.73. The van der Waals surface area contributed by atoms with Gasteiger partial charge in [0.15, 0.2) is 35.6 Å². The van der Waals surface area contributed by atoms with Crippen LogP contribution in [-0.4, -0.2) is 130 Å². The number of phosphoric acid groups is 2. The molecule has 9 atom stereocenters. The van der Waals surface area contributed by atoms with Gasteiger partial charge in [-0.3, -0.25) is 32.0 Å². The molecule has 25 nitrogen and oxygen atoms in total. The number of nitrogen functional groups attached to an aromatic ring is 2. The SMILES string of the molecule is C=CCCC(=O)N(C)[C@H]1COC(C)(C)OP(=O)(O[C@H]2C[C@H](n3ccc(N)nc3=O)O[C@@H]2COP(=O)(O)O)OC[C@H]2O[C@@H](n3cnc4c(N)ncnc43)[C@H](O)[C@@H]2OC1=O. The van der Waals surface area contributed by atoms with E-state index in [1.807, 2.05) is 0 Å². The smallest absolute Gasteiger partial charge is 0.455 e. The quantitative estimate of drug-likeness (QED) is 0.0954. The number of hydrogen-bond donors (Lipinski definition) is 5. The number of nitrogens with two attached hydrogens (primary N) is 2. The summed E-state index contributed by atoms with van der Waals surface area (Å²) in [6.07, 6.45) is -4.85. The molecule has 0 saturated carbocycles. The Labute approximate surface area is 329 Å². The molecular weight excluding hydrogens is 816 g/mol. The Kier molecular flexibility index (Phi) is 12.8. The Balaban J connectivity index is 1.35. The largest absolute Gasteiger partial charge is 0.477 e. The van der Waals surface area contributed by atoms with Crippen molar-refractivity contribution in [3.05, 3.63) is 48.1 Å². The average Bonchev–Trinajstić information content (AvgIpc) is 3.83. The predicted octanol–water partition coefficient (Wildman–Crippen LogP) is -0.0995. The minimum atomic E-state index is -5.08. The van der Waals surface area contributed by atoms with Crippen LogP contribution in [0.15, 0.2) is 42.4 Å². The molecule has 0 radical (unpaired) electrons. The molecule has 3 aliphatic heterocycles. The van der Waals surface area contributed by atoms with E-state index in [1.54, 1.807) is 0 Å². The number of aliphatic hydroxyl groups excluding tert-OH is 1. The predicted molar refractivity (Wildman–Crippen MR) is 195 cm³/mol. The average molecular weight is 860 g/mol. The summed E-state index contributed by atoms with van der Waals surface area (Å²) in [5, 5.41) is 11.7. The number of hydrogen-bond acceptors (Lipinski definition) is 20. The van der Waals surface area contributed by atoms with Gasteiger partial charge in [0.25, 0.3) is 0 Å². The number of allylic oxidation sites excluding steroid dienone is 1. The van der Waals surface area contributed by atoms with Crippen LogP contribution in [-0.2, 0) is 55.8 Å². The van der Waals surface area contributed by atoms with Crippen LogP contribution in [0.1, 0.15) is 45.6 Å². The first-order chi connectivity index (χ1) is 27.3. The van der Waals surface area contributed by atoms with Gasteiger partial charge >= 0.3 is 27.3 Å². The van der Waals surface area contributed by atoms with Crippen molar-refractivity contribution < 1.29 is 70.7 Å². The van der Waals surface area contributed by atoms with E-state index in [0.717, 1.165) is 15.8 Å². The topological polar surface area (TPSA) is 337 Å². The fourth-order valence-electron chi connectivity index (χ4n) is 6.34. The molecule has 7 N–H and O–H groups in total. The van der Waals surface area contributed by atoms with E-state index in [9.17, 15) is 38.4 Å². The van der Waals surface area contributed by atoms with E-state index in [0.29, 0.717) is 6.42 Å². The number of imidazole rings is 1. The Morgan fingerprint density at radius 1 is 1.19 bits per heavy atom. The van der Waals surface area contributed by atoms with Gasteiger partial charge in [-0.15, -0.1) is 6.58 Å². The molecule has 3 aromatic rings. The van der Waals surface area contributed by atoms with Gasteiger partial charge in [0, 0.05) is 26.1 Å². The number of aromatic nitrogens is 6. The number of phosphoric ester groups is 2. The van der Waals surface area contributed by atoms with Crippen LogP contribution in [0.4, 0.5) is 11.6 Å². The number of fused-ring (bicyclic) bond motifs is 2. The summed E-state index contributed by atoms with van der Waals surface area (Å²) in [6, 6.07) is -0.140. The number of anilines is 2. The van der Waals surface area contributed by atoms with Crippen molar-refractivity contribution in [1.82, 2.24) is 34.0 Å². The first-order valence-corrected chi connectivity index (χ1v) is 20.6. The molecule has 6 rings (SSSR count). The fraction of sp³-hybridized carbons (Fsp3) is 0.581. The Bertz CT molecular complexity index is 2170. The van der Waals surface area contributed by atoms with Crippen LogP contribution < -0.4 is 17.2 Å². The van der Waals surface area contributed by atoms with Crippen molar-refractivity contribution in [3.8, 4) is 0 Å². The highest BCUT2D eigenvalue weighted by atomic mass is 31.2. The van der Waals surface area contributed by atoms with Gasteiger partial charge in [-0.1, -0.05) is 6.08 Å². The standard InChI is InChI=1S/C31H43N9O16P2/c1-5-6-7-21(41)38(4)16-11-49-31(2,3)56-58(48,55-17-10-22(39-9-8-20(32)37-30(39)44)52-18(17)12-50-57(45,46)47)51-13-19-25(54-29(16)43)24(42)28(53-19)40-15-36-23-26(33)34-14-35-27(23)40/h5,8-9,14-19,22,24-25,28,42H,1,6-7,10-13H2,2-4H3,(H2,32,37,44)(H2,33,34,35)(H2,45,46,47)/t16-,17-,18+,19+,22+,24+,25+,28+,58?/m0/s1. The Morgan fingerprint density at radius 3 is 2.66 bits per heavy atom. The number of ether oxygens (including phenoxy) is 4. The maximum Gasteiger partial charge on any atom is 0.477 e. The summed E-state index contributed by atoms with van der Waals surface area (Å²) in [5.74, 6) is -3.46. The number of rotatable bonds is 11. The maximum absolute atomic E-state index is 14.8. The summed E-state index contributed by atoms with van der Waals surface area (Å²) < 4.78 is 74.9. The molecule has 0 aromatic carbocycles. The number of likely N-dealkylation sites (N-methyl/N-ethyl adjacent to an activating group) is 1. The van der Waals surface area contributed by atoms with Gasteiger partial charge in [-0.2, -0.15) is 4.98 Å². The maximum atomic E-state index is 14.8. The highest BCUT2D eigenvalue weighted by Crippen LogP contribution is 2.57. The lowest BCUT2D eigenvalue weighted by Crippen LogP contribution is -2.51. The van der Waals surface area contributed by atoms with Gasteiger partial charge < -0.3 is 50.2 Å². The van der Waals surface area contributed by atoms with Crippen molar-refractivity contribution in [1.29, 1.82) is 0 Å². The molecule has 3 fully saturated rings. The molecular formula is C31H43N9O16P2. The third kappa shape index (κ3) is 9.79. The summed E-state index contributed by atoms with van der Waals surface area (Å²) in [6.45, 7) is 4.07. The third-order valence-corrected chi connectivity index (χ3v) is 11.4. The molecule has 0 aliphatic carbocycles. The first-order valence-electron chi connectivity index (χ1n) is 17.6. The second-order valence-electron chi connectivity index (χ2n) is 13.8. The highest BCUT2D eigenvalue weighted by molar-refractivity contribution is 7.48. The molecule has 3 aliphatic rings. The number of aliphatic hydroxyl groups is 1. The van der Waals surface area contributed by atoms with Crippen LogP contribution in [0.2, 0.25) is 0 Å². The van der Waals surface area contributed by atoms with Crippen LogP contribution >= 0.6 is 15.6 Å². The lowest BCUT2D eigenvalue weighted by Gasteiger charge is -2.35. The molecule has 1 amide bonds. The molecule has 318 valence electrons. The molecule has 3 aromatic heterocycles. The first kappa shape index (κ1) is 43.4. The molecule has 27 heteroatoms. The van der Waals surface area contributed by atoms with Gasteiger partial charge in [-0.25, -0.2) is 33.7 Å². The van der Waals surface area contributed by atoms with Crippen molar-refractivity contribution in [2.45, 2.75) is 87.9 Å². The van der Waals surface area contributed by atoms with Gasteiger partial charge in [0.1, 0.15) is 48.3 Å². The van der Waals surface area contributed by atoms with Crippen molar-refractivity contribution in [2.24, 2.45) is 0 Å². The highest BCUT2D eigenvalue weighted by Gasteiger charge is 2.52. The second-order valence-corrected chi connectivity index (χ2v) is 16.6. The number of carbonyl (C=O) groups excluding carboxylic acids is 2. The lowest BCUT2D eigenvalue weighted by molar-refractivity contribution is -0.197. The Hall–Kier alpha value is -4.23. The fourth-order valence-corrected chi connectivity index (χ4v) is 8.32. The summed E-state index contributed by atoms with van der Waals surface area (Å²) >= 11 is 0. The van der Waals surface area contributed by atoms with E-state index >= 15 is 0 Å². The minimum Gasteiger partial charge on any atom is -0.455 e. The molecule has 6 heterocycles. The van der Waals surface area contributed by atoms with E-state index in [4.69, 9.17) is 44.0 Å². The van der Waals surface area contributed by atoms with Gasteiger partial charge in [-0.05, 0) is 26.3 Å². The van der Waals surface area contributed by atoms with E-state index in [-0.39, 0.29) is 35.6 Å². The molecule has 0 bridgehead atoms. The Morgan fingerprint density at radius 2 is 1.95 bits per heavy atom. The zero-order chi connectivity index (χ0) is 42.2. The van der Waals surface area contributed by atoms with Gasteiger partial charge in [0.05, 0.1) is 26.1 Å². The number of amides is 1. The number of esters is 1. The molecule has 58 heavy (non-hydrogen) atoms. The zero-order valence-corrected chi connectivity index (χ0v) is 33.1. The van der Waals surface area contributed by atoms with Gasteiger partial charge in [0.2, 0.25) is 5.91 Å². The monoisotopic (exact) mass is 859 g/mol. The molecule has 3 saturated heterocycles. The van der Waals surface area contributed by atoms with Crippen LogP contribution in [0.3, 0.4) is 0 Å². The second kappa shape index (κ2) is 17.2. The third-order valence-electron chi connectivity index (χ3n) is 9.25. The summed E-state index contributed by atoms with van der Waals surface area (Å²) in [4.78, 5) is 75.6. The van der Waals surface area contributed by atoms with Crippen molar-refractivity contribution in [2.75, 3.05) is 38.3 Å². The molecule has 0 spiro atoms. The van der Waals surface area contributed by atoms with Crippen LogP contribution in [0.25, 0.3) is 11.2 Å². The number of nitrogens with zero attached hydrogens (tertiary/aromatic N) is 7. The van der Waals surface area contributed by atoms with Crippen molar-refractivity contribution >= 4 is 50.3 Å². The molecule has 1 unspecified atom stereocenters. The van der Waals surface area contributed by atoms with E-state index < -0.39 is 108 Å². The van der Waals surface area contributed by atoms with Crippen LogP contribution in [0.5, 0.6) is 0 Å². The van der Waals surface area contributed by atoms with Crippen molar-refractivity contribution in [3.63, 3.8) is 0 Å². The number of carbonyl (C=O) groups is 2. The summed E-state index contributed by atoms with van der Waals surface area (Å²) in [5.41, 5.74) is 11.1. The van der Waals surface area contributed by atoms with Crippen LogP contribution in [0, 0.1) is 0 Å².